The Morgan fingerprint density at radius 1 is 1.14 bits per heavy atom. The molecule has 0 atom stereocenters. The Morgan fingerprint density at radius 3 is 1.79 bits per heavy atom. The molecular formula is C12H21NO. The number of aldehydes is 1. The Balaban J connectivity index is 0.000000294. The summed E-state index contributed by atoms with van der Waals surface area (Å²) in [6.07, 6.45) is 14.8. The minimum atomic E-state index is 0.750. The third kappa shape index (κ3) is 4.43. The molecule has 0 aromatic rings. The first kappa shape index (κ1) is 13.2. The quantitative estimate of drug-likeness (QED) is 0.435. The molecule has 0 radical (unpaired) electrons. The zero-order valence-electron chi connectivity index (χ0n) is 9.33. The van der Waals surface area contributed by atoms with Crippen LogP contribution in [-0.4, -0.2) is 31.3 Å². The van der Waals surface area contributed by atoms with Gasteiger partial charge in [-0.05, 0) is 58.2 Å². The molecule has 1 aliphatic carbocycles. The second kappa shape index (κ2) is 6.62. The normalized spacial score (nSPS) is 22.3. The maximum absolute atomic E-state index is 8.81. The van der Waals surface area contributed by atoms with E-state index in [1.165, 1.54) is 45.7 Å². The molecule has 0 bridgehead atoms. The first-order valence-electron chi connectivity index (χ1n) is 5.14. The van der Waals surface area contributed by atoms with Crippen molar-refractivity contribution in [1.82, 2.24) is 4.90 Å². The number of carbonyl (C=O) groups excluding carboxylic acids is 1. The van der Waals surface area contributed by atoms with Crippen molar-refractivity contribution >= 4 is 6.29 Å². The number of carbonyl (C=O) groups is 1. The second-order valence-electron chi connectivity index (χ2n) is 4.04. The molecule has 1 aliphatic heterocycles. The summed E-state index contributed by atoms with van der Waals surface area (Å²) < 4.78 is 0. The molecule has 2 fully saturated rings. The van der Waals surface area contributed by atoms with Crippen LogP contribution in [0.25, 0.3) is 0 Å². The largest absolute Gasteiger partial charge is 0.306 e. The van der Waals surface area contributed by atoms with Gasteiger partial charge in [0.05, 0.1) is 0 Å². The van der Waals surface area contributed by atoms with E-state index in [2.05, 4.69) is 24.8 Å². The molecule has 1 spiro atoms. The van der Waals surface area contributed by atoms with Gasteiger partial charge >= 0.3 is 0 Å². The van der Waals surface area contributed by atoms with E-state index in [0.717, 1.165) is 11.7 Å². The summed E-state index contributed by atoms with van der Waals surface area (Å²) in [5.41, 5.74) is 0.868. The molecule has 14 heavy (non-hydrogen) atoms. The standard InChI is InChI=1S/C8H15N.C2H4O.C2H2/c1-9-6-4-8(2-3-8)5-7-9;1-2-3;1-2/h2-7H2,1H3;2H,1H3;1-2H. The molecule has 1 heterocycles. The van der Waals surface area contributed by atoms with Crippen molar-refractivity contribution in [2.45, 2.75) is 32.6 Å². The number of nitrogens with zero attached hydrogens (tertiary/aromatic N) is 1. The molecule has 0 unspecified atom stereocenters. The van der Waals surface area contributed by atoms with Crippen molar-refractivity contribution in [3.63, 3.8) is 0 Å². The topological polar surface area (TPSA) is 20.3 Å². The Morgan fingerprint density at radius 2 is 1.50 bits per heavy atom. The Labute approximate surface area is 87.7 Å². The smallest absolute Gasteiger partial charge is 0.116 e. The maximum atomic E-state index is 8.81. The second-order valence-corrected chi connectivity index (χ2v) is 4.04. The summed E-state index contributed by atoms with van der Waals surface area (Å²) >= 11 is 0. The van der Waals surface area contributed by atoms with Crippen molar-refractivity contribution in [3.05, 3.63) is 0 Å². The molecule has 80 valence electrons. The zero-order chi connectivity index (χ0) is 11.0. The predicted octanol–water partition coefficient (Wildman–Crippen LogP) is 1.95. The minimum Gasteiger partial charge on any atom is -0.306 e. The molecule has 0 aromatic heterocycles. The summed E-state index contributed by atoms with van der Waals surface area (Å²) in [7, 11) is 2.23. The summed E-state index contributed by atoms with van der Waals surface area (Å²) in [4.78, 5) is 11.3. The lowest BCUT2D eigenvalue weighted by Crippen LogP contribution is -2.30. The summed E-state index contributed by atoms with van der Waals surface area (Å²) in [6.45, 7) is 4.14. The van der Waals surface area contributed by atoms with Gasteiger partial charge in [0.15, 0.2) is 0 Å². The van der Waals surface area contributed by atoms with Gasteiger partial charge in [-0.3, -0.25) is 0 Å². The molecule has 0 aromatic carbocycles. The highest BCUT2D eigenvalue weighted by molar-refractivity contribution is 5.44. The lowest BCUT2D eigenvalue weighted by molar-refractivity contribution is -0.106. The fourth-order valence-electron chi connectivity index (χ4n) is 1.77. The van der Waals surface area contributed by atoms with Crippen molar-refractivity contribution in [1.29, 1.82) is 0 Å². The van der Waals surface area contributed by atoms with Crippen LogP contribution in [0.15, 0.2) is 0 Å². The summed E-state index contributed by atoms with van der Waals surface area (Å²) in [5, 5.41) is 0. The lowest BCUT2D eigenvalue weighted by atomic mass is 9.94. The van der Waals surface area contributed by atoms with E-state index < -0.39 is 0 Å². The van der Waals surface area contributed by atoms with Crippen LogP contribution in [0, 0.1) is 18.3 Å². The molecule has 1 saturated heterocycles. The van der Waals surface area contributed by atoms with Crippen LogP contribution < -0.4 is 0 Å². The lowest BCUT2D eigenvalue weighted by Gasteiger charge is -2.28. The number of likely N-dealkylation sites (tertiary alicyclic amines) is 1. The highest BCUT2D eigenvalue weighted by Crippen LogP contribution is 2.53. The van der Waals surface area contributed by atoms with E-state index >= 15 is 0 Å². The number of rotatable bonds is 0. The SMILES string of the molecule is C#C.CC=O.CN1CCC2(CC1)CC2. The van der Waals surface area contributed by atoms with Gasteiger partial charge in [0.25, 0.3) is 0 Å². The molecule has 0 amide bonds. The first-order chi connectivity index (χ1) is 6.72. The highest BCUT2D eigenvalue weighted by Gasteiger charge is 2.43. The molecule has 2 nitrogen and oxygen atoms in total. The van der Waals surface area contributed by atoms with Crippen LogP contribution >= 0.6 is 0 Å². The first-order valence-corrected chi connectivity index (χ1v) is 5.14. The van der Waals surface area contributed by atoms with Gasteiger partial charge in [0, 0.05) is 0 Å². The number of hydrogen-bond donors (Lipinski definition) is 0. The van der Waals surface area contributed by atoms with Crippen molar-refractivity contribution < 1.29 is 4.79 Å². The Hall–Kier alpha value is -0.810. The van der Waals surface area contributed by atoms with Crippen LogP contribution in [0.3, 0.4) is 0 Å². The maximum Gasteiger partial charge on any atom is 0.116 e. The molecule has 2 aliphatic rings. The summed E-state index contributed by atoms with van der Waals surface area (Å²) in [5.74, 6) is 0. The number of hydrogen-bond acceptors (Lipinski definition) is 2. The van der Waals surface area contributed by atoms with Crippen molar-refractivity contribution in [2.75, 3.05) is 20.1 Å². The zero-order valence-corrected chi connectivity index (χ0v) is 9.33. The monoisotopic (exact) mass is 195 g/mol. The van der Waals surface area contributed by atoms with E-state index in [-0.39, 0.29) is 0 Å². The van der Waals surface area contributed by atoms with Gasteiger partial charge in [0.2, 0.25) is 0 Å². The average Bonchev–Trinajstić information content (AvgIpc) is 2.96. The molecule has 1 saturated carbocycles. The highest BCUT2D eigenvalue weighted by atomic mass is 16.1. The minimum absolute atomic E-state index is 0.750. The fourth-order valence-corrected chi connectivity index (χ4v) is 1.77. The fraction of sp³-hybridized carbons (Fsp3) is 0.750. The average molecular weight is 195 g/mol. The van der Waals surface area contributed by atoms with Crippen LogP contribution in [-0.2, 0) is 4.79 Å². The van der Waals surface area contributed by atoms with Gasteiger partial charge in [-0.1, -0.05) is 0 Å². The van der Waals surface area contributed by atoms with E-state index in [9.17, 15) is 0 Å². The van der Waals surface area contributed by atoms with Crippen LogP contribution in [0.5, 0.6) is 0 Å². The van der Waals surface area contributed by atoms with Crippen LogP contribution in [0.4, 0.5) is 0 Å². The Kier molecular flexibility index (Phi) is 6.23. The van der Waals surface area contributed by atoms with E-state index in [4.69, 9.17) is 4.79 Å². The van der Waals surface area contributed by atoms with Gasteiger partial charge < -0.3 is 9.69 Å². The van der Waals surface area contributed by atoms with E-state index in [1.807, 2.05) is 0 Å². The molecular weight excluding hydrogens is 174 g/mol. The third-order valence-corrected chi connectivity index (χ3v) is 3.00. The number of terminal acetylenes is 1. The van der Waals surface area contributed by atoms with Crippen molar-refractivity contribution in [3.8, 4) is 12.8 Å². The van der Waals surface area contributed by atoms with Crippen LogP contribution in [0.2, 0.25) is 0 Å². The van der Waals surface area contributed by atoms with E-state index in [1.54, 1.807) is 0 Å². The van der Waals surface area contributed by atoms with Gasteiger partial charge in [-0.15, -0.1) is 12.8 Å². The van der Waals surface area contributed by atoms with E-state index in [0.29, 0.717) is 0 Å². The van der Waals surface area contributed by atoms with Crippen LogP contribution in [0.1, 0.15) is 32.6 Å². The predicted molar refractivity (Wildman–Crippen MR) is 60.0 cm³/mol. The van der Waals surface area contributed by atoms with Crippen molar-refractivity contribution in [2.24, 2.45) is 5.41 Å². The molecule has 0 N–H and O–H groups in total. The third-order valence-electron chi connectivity index (χ3n) is 3.00. The number of piperidine rings is 1. The van der Waals surface area contributed by atoms with Gasteiger partial charge in [-0.2, -0.15) is 0 Å². The molecule has 2 heteroatoms. The van der Waals surface area contributed by atoms with Gasteiger partial charge in [-0.25, -0.2) is 0 Å². The Bertz CT molecular complexity index is 172. The summed E-state index contributed by atoms with van der Waals surface area (Å²) in [6, 6.07) is 0. The van der Waals surface area contributed by atoms with Gasteiger partial charge in [0.1, 0.15) is 6.29 Å². The molecule has 2 rings (SSSR count).